The summed E-state index contributed by atoms with van der Waals surface area (Å²) in [5, 5.41) is 8.34. The molecule has 2 rings (SSSR count). The van der Waals surface area contributed by atoms with Crippen LogP contribution in [0.1, 0.15) is 39.7 Å². The number of rotatable bonds is 6. The van der Waals surface area contributed by atoms with Crippen LogP contribution in [0.5, 0.6) is 0 Å². The molecule has 2 amide bonds. The summed E-state index contributed by atoms with van der Waals surface area (Å²) in [5.41, 5.74) is -0.973. The number of hydrogen-bond acceptors (Lipinski definition) is 6. The van der Waals surface area contributed by atoms with Gasteiger partial charge in [0.15, 0.2) is 5.78 Å². The fourth-order valence-electron chi connectivity index (χ4n) is 3.07. The van der Waals surface area contributed by atoms with Crippen molar-refractivity contribution in [2.75, 3.05) is 13.1 Å². The van der Waals surface area contributed by atoms with Gasteiger partial charge in [0.05, 0.1) is 6.54 Å². The number of nitrogens with one attached hydrogen (secondary N) is 3. The highest BCUT2D eigenvalue weighted by molar-refractivity contribution is 5.95. The molecule has 1 aliphatic heterocycles. The van der Waals surface area contributed by atoms with Crippen LogP contribution >= 0.6 is 0 Å². The molecule has 8 nitrogen and oxygen atoms in total. The van der Waals surface area contributed by atoms with Gasteiger partial charge in [0.1, 0.15) is 17.7 Å². The number of benzene rings is 1. The van der Waals surface area contributed by atoms with E-state index in [2.05, 4.69) is 16.0 Å². The Morgan fingerprint density at radius 2 is 1.86 bits per heavy atom. The number of Topliss-reactive ketones (excluding diaryl/α,β-unsaturated/α-hetero) is 1. The Kier molecular flexibility index (Phi) is 7.01. The topological polar surface area (TPSA) is 106 Å². The highest BCUT2D eigenvalue weighted by Crippen LogP contribution is 2.23. The van der Waals surface area contributed by atoms with Crippen LogP contribution in [0, 0.1) is 0 Å². The molecule has 1 aromatic rings. The molecule has 1 heterocycles. The maximum Gasteiger partial charge on any atom is 0.408 e. The third-order valence-electron chi connectivity index (χ3n) is 4.54. The van der Waals surface area contributed by atoms with Crippen LogP contribution in [-0.4, -0.2) is 48.2 Å². The highest BCUT2D eigenvalue weighted by atomic mass is 16.6. The molecule has 1 aromatic carbocycles. The van der Waals surface area contributed by atoms with Gasteiger partial charge < -0.3 is 25.4 Å². The first-order valence-corrected chi connectivity index (χ1v) is 9.35. The molecular weight excluding hydrogens is 362 g/mol. The van der Waals surface area contributed by atoms with Gasteiger partial charge >= 0.3 is 12.2 Å². The number of carbonyl (C=O) groups is 3. The third kappa shape index (κ3) is 5.95. The van der Waals surface area contributed by atoms with Crippen molar-refractivity contribution in [2.24, 2.45) is 0 Å². The summed E-state index contributed by atoms with van der Waals surface area (Å²) < 4.78 is 10.4. The van der Waals surface area contributed by atoms with Crippen LogP contribution in [0.25, 0.3) is 0 Å². The second-order valence-corrected chi connectivity index (χ2v) is 7.86. The molecule has 0 saturated carbocycles. The van der Waals surface area contributed by atoms with E-state index < -0.39 is 23.3 Å². The number of hydrogen-bond donors (Lipinski definition) is 3. The zero-order valence-electron chi connectivity index (χ0n) is 16.8. The molecule has 1 aliphatic rings. The lowest BCUT2D eigenvalue weighted by atomic mass is 9.86. The van der Waals surface area contributed by atoms with E-state index in [0.717, 1.165) is 5.56 Å². The van der Waals surface area contributed by atoms with Crippen LogP contribution in [0.3, 0.4) is 0 Å². The minimum atomic E-state index is -1.14. The van der Waals surface area contributed by atoms with E-state index in [9.17, 15) is 14.4 Å². The Morgan fingerprint density at radius 3 is 2.43 bits per heavy atom. The summed E-state index contributed by atoms with van der Waals surface area (Å²) >= 11 is 0. The average Bonchev–Trinajstić information content (AvgIpc) is 2.98. The van der Waals surface area contributed by atoms with Crippen molar-refractivity contribution in [2.45, 2.75) is 57.9 Å². The van der Waals surface area contributed by atoms with E-state index >= 15 is 0 Å². The lowest BCUT2D eigenvalue weighted by molar-refractivity contribution is -0.124. The first-order valence-electron chi connectivity index (χ1n) is 9.35. The van der Waals surface area contributed by atoms with E-state index in [4.69, 9.17) is 9.47 Å². The Morgan fingerprint density at radius 1 is 1.18 bits per heavy atom. The molecule has 0 unspecified atom stereocenters. The Bertz CT molecular complexity index is 702. The van der Waals surface area contributed by atoms with Crippen LogP contribution in [0.4, 0.5) is 9.59 Å². The molecule has 1 fully saturated rings. The van der Waals surface area contributed by atoms with E-state index in [1.807, 2.05) is 37.3 Å². The van der Waals surface area contributed by atoms with Gasteiger partial charge in [0.2, 0.25) is 0 Å². The lowest BCUT2D eigenvalue weighted by Crippen LogP contribution is -2.63. The van der Waals surface area contributed by atoms with Gasteiger partial charge in [-0.2, -0.15) is 0 Å². The molecule has 154 valence electrons. The molecule has 0 radical (unpaired) electrons. The summed E-state index contributed by atoms with van der Waals surface area (Å²) in [4.78, 5) is 37.0. The molecule has 3 N–H and O–H groups in total. The Hall–Kier alpha value is -2.61. The van der Waals surface area contributed by atoms with Crippen molar-refractivity contribution >= 4 is 18.0 Å². The minimum absolute atomic E-state index is 0.111. The van der Waals surface area contributed by atoms with Crippen LogP contribution in [-0.2, 0) is 20.9 Å². The van der Waals surface area contributed by atoms with Crippen molar-refractivity contribution < 1.29 is 23.9 Å². The summed E-state index contributed by atoms with van der Waals surface area (Å²) in [6, 6.07) is 8.95. The molecule has 0 aliphatic carbocycles. The summed E-state index contributed by atoms with van der Waals surface area (Å²) in [7, 11) is 0. The number of alkyl carbamates (subject to hydrolysis) is 2. The van der Waals surface area contributed by atoms with Crippen molar-refractivity contribution in [3.63, 3.8) is 0 Å². The van der Waals surface area contributed by atoms with Gasteiger partial charge in [0.25, 0.3) is 0 Å². The normalized spacial score (nSPS) is 21.6. The molecular formula is C20H29N3O5. The standard InChI is InChI=1S/C20H29N3O5/c1-14-20(10-11-21-14,23-18(26)28-19(2,3)4)16(24)12-22-17(25)27-13-15-8-6-5-7-9-15/h5-9,14,21H,10-13H2,1-4H3,(H,22,25)(H,23,26)/t14-,20+/m0/s1. The fraction of sp³-hybridized carbons (Fsp3) is 0.550. The maximum absolute atomic E-state index is 12.9. The summed E-state index contributed by atoms with van der Waals surface area (Å²) in [6.07, 6.45) is -0.946. The van der Waals surface area contributed by atoms with E-state index in [1.165, 1.54) is 0 Å². The van der Waals surface area contributed by atoms with Crippen molar-refractivity contribution in [1.29, 1.82) is 0 Å². The Balaban J connectivity index is 1.92. The maximum atomic E-state index is 12.9. The SMILES string of the molecule is C[C@@H]1NCC[C@]1(NC(=O)OC(C)(C)C)C(=O)CNC(=O)OCc1ccccc1. The highest BCUT2D eigenvalue weighted by Gasteiger charge is 2.48. The van der Waals surface area contributed by atoms with Crippen LogP contribution < -0.4 is 16.0 Å². The number of ether oxygens (including phenoxy) is 2. The van der Waals surface area contributed by atoms with Gasteiger partial charge in [-0.25, -0.2) is 9.59 Å². The van der Waals surface area contributed by atoms with E-state index in [-0.39, 0.29) is 25.0 Å². The molecule has 2 atom stereocenters. The second-order valence-electron chi connectivity index (χ2n) is 7.86. The summed E-state index contributed by atoms with van der Waals surface area (Å²) in [5.74, 6) is -0.312. The first kappa shape index (κ1) is 21.7. The molecule has 0 bridgehead atoms. The molecule has 1 saturated heterocycles. The van der Waals surface area contributed by atoms with Crippen molar-refractivity contribution in [3.8, 4) is 0 Å². The number of amides is 2. The molecule has 8 heteroatoms. The average molecular weight is 391 g/mol. The largest absolute Gasteiger partial charge is 0.445 e. The second kappa shape index (κ2) is 9.05. The zero-order chi connectivity index (χ0) is 20.8. The van der Waals surface area contributed by atoms with Crippen molar-refractivity contribution in [1.82, 2.24) is 16.0 Å². The minimum Gasteiger partial charge on any atom is -0.445 e. The van der Waals surface area contributed by atoms with Gasteiger partial charge in [0, 0.05) is 6.04 Å². The monoisotopic (exact) mass is 391 g/mol. The van der Waals surface area contributed by atoms with Gasteiger partial charge in [-0.15, -0.1) is 0 Å². The van der Waals surface area contributed by atoms with E-state index in [1.54, 1.807) is 20.8 Å². The van der Waals surface area contributed by atoms with E-state index in [0.29, 0.717) is 13.0 Å². The first-order chi connectivity index (χ1) is 13.1. The smallest absolute Gasteiger partial charge is 0.408 e. The van der Waals surface area contributed by atoms with Crippen LogP contribution in [0.15, 0.2) is 30.3 Å². The van der Waals surface area contributed by atoms with Gasteiger partial charge in [-0.1, -0.05) is 30.3 Å². The fourth-order valence-corrected chi connectivity index (χ4v) is 3.07. The number of ketones is 1. The lowest BCUT2D eigenvalue weighted by Gasteiger charge is -2.33. The van der Waals surface area contributed by atoms with Crippen LogP contribution in [0.2, 0.25) is 0 Å². The molecule has 0 spiro atoms. The number of carbonyl (C=O) groups excluding carboxylic acids is 3. The van der Waals surface area contributed by atoms with Gasteiger partial charge in [-0.3, -0.25) is 4.79 Å². The molecule has 28 heavy (non-hydrogen) atoms. The Labute approximate surface area is 165 Å². The molecule has 0 aromatic heterocycles. The predicted octanol–water partition coefficient (Wildman–Crippen LogP) is 2.13. The quantitative estimate of drug-likeness (QED) is 0.686. The third-order valence-corrected chi connectivity index (χ3v) is 4.54. The van der Waals surface area contributed by atoms with Gasteiger partial charge in [-0.05, 0) is 46.2 Å². The summed E-state index contributed by atoms with van der Waals surface area (Å²) in [6.45, 7) is 7.50. The predicted molar refractivity (Wildman–Crippen MR) is 104 cm³/mol. The van der Waals surface area contributed by atoms with Crippen molar-refractivity contribution in [3.05, 3.63) is 35.9 Å². The zero-order valence-corrected chi connectivity index (χ0v) is 16.8.